The first-order valence-electron chi connectivity index (χ1n) is 6.44. The number of carbonyl (C=O) groups is 1. The minimum absolute atomic E-state index is 0.0561. The molecule has 0 unspecified atom stereocenters. The molecule has 0 fully saturated rings. The second kappa shape index (κ2) is 6.73. The zero-order chi connectivity index (χ0) is 15.2. The van der Waals surface area contributed by atoms with Gasteiger partial charge in [0.25, 0.3) is 5.91 Å². The van der Waals surface area contributed by atoms with Crippen molar-refractivity contribution in [3.63, 3.8) is 0 Å². The number of benzene rings is 1. The molecule has 21 heavy (non-hydrogen) atoms. The van der Waals surface area contributed by atoms with Crippen LogP contribution in [0, 0.1) is 17.7 Å². The van der Waals surface area contributed by atoms with Crippen LogP contribution in [0.2, 0.25) is 0 Å². The van der Waals surface area contributed by atoms with Crippen LogP contribution in [0.15, 0.2) is 36.5 Å². The number of hydrogen-bond donors (Lipinski definition) is 2. The first kappa shape index (κ1) is 14.8. The summed E-state index contributed by atoms with van der Waals surface area (Å²) in [4.78, 5) is 12.0. The molecule has 1 amide bonds. The van der Waals surface area contributed by atoms with E-state index in [1.807, 2.05) is 0 Å². The van der Waals surface area contributed by atoms with Crippen LogP contribution >= 0.6 is 0 Å². The van der Waals surface area contributed by atoms with Gasteiger partial charge in [0.05, 0.1) is 12.2 Å². The van der Waals surface area contributed by atoms with Gasteiger partial charge in [-0.1, -0.05) is 11.8 Å². The van der Waals surface area contributed by atoms with E-state index < -0.39 is 5.82 Å². The van der Waals surface area contributed by atoms with E-state index >= 15 is 0 Å². The summed E-state index contributed by atoms with van der Waals surface area (Å²) in [5, 5.41) is 11.3. The van der Waals surface area contributed by atoms with Crippen molar-refractivity contribution in [3.8, 4) is 11.8 Å². The second-order valence-corrected chi connectivity index (χ2v) is 4.43. The number of aliphatic hydroxyl groups excluding tert-OH is 1. The van der Waals surface area contributed by atoms with Gasteiger partial charge in [0.15, 0.2) is 0 Å². The molecule has 5 heteroatoms. The molecule has 0 aliphatic rings. The highest BCUT2D eigenvalue weighted by Crippen LogP contribution is 2.15. The molecule has 0 bridgehead atoms. The Bertz CT molecular complexity index is 711. The Morgan fingerprint density at radius 2 is 2.24 bits per heavy atom. The van der Waals surface area contributed by atoms with Gasteiger partial charge in [-0.15, -0.1) is 0 Å². The highest BCUT2D eigenvalue weighted by atomic mass is 19.1. The van der Waals surface area contributed by atoms with Gasteiger partial charge in [-0.05, 0) is 30.3 Å². The minimum atomic E-state index is -0.509. The number of rotatable bonds is 3. The molecule has 0 aliphatic carbocycles. The predicted octanol–water partition coefficient (Wildman–Crippen LogP) is 2.15. The van der Waals surface area contributed by atoms with Gasteiger partial charge in [0, 0.05) is 25.4 Å². The molecule has 4 nitrogen and oxygen atoms in total. The number of halogens is 1. The van der Waals surface area contributed by atoms with E-state index in [0.717, 1.165) is 0 Å². The summed E-state index contributed by atoms with van der Waals surface area (Å²) in [6.07, 6.45) is 2.06. The Labute approximate surface area is 122 Å². The smallest absolute Gasteiger partial charge is 0.272 e. The molecule has 0 radical (unpaired) electrons. The van der Waals surface area contributed by atoms with E-state index in [9.17, 15) is 9.18 Å². The van der Waals surface area contributed by atoms with E-state index in [0.29, 0.717) is 17.8 Å². The Kier molecular flexibility index (Phi) is 4.75. The second-order valence-electron chi connectivity index (χ2n) is 4.43. The molecule has 1 heterocycles. The van der Waals surface area contributed by atoms with Gasteiger partial charge in [-0.3, -0.25) is 4.79 Å². The molecular weight excluding hydrogens is 271 g/mol. The lowest BCUT2D eigenvalue weighted by molar-refractivity contribution is 0.101. The normalized spacial score (nSPS) is 9.86. The monoisotopic (exact) mass is 286 g/mol. The van der Waals surface area contributed by atoms with Gasteiger partial charge in [0.1, 0.15) is 11.5 Å². The molecule has 0 spiro atoms. The number of nitrogens with one attached hydrogen (secondary N) is 1. The number of nitrogens with zero attached hydrogens (tertiary/aromatic N) is 1. The third-order valence-electron chi connectivity index (χ3n) is 2.86. The van der Waals surface area contributed by atoms with Crippen LogP contribution in [0.1, 0.15) is 22.5 Å². The van der Waals surface area contributed by atoms with Crippen LogP contribution in [-0.4, -0.2) is 22.2 Å². The first-order chi connectivity index (χ1) is 10.1. The van der Waals surface area contributed by atoms with Crippen LogP contribution < -0.4 is 5.32 Å². The van der Waals surface area contributed by atoms with Crippen LogP contribution in [0.4, 0.5) is 10.1 Å². The molecule has 108 valence electrons. The number of anilines is 1. The van der Waals surface area contributed by atoms with Crippen molar-refractivity contribution in [3.05, 3.63) is 53.6 Å². The Morgan fingerprint density at radius 3 is 2.86 bits per heavy atom. The Hall–Kier alpha value is -2.58. The van der Waals surface area contributed by atoms with Crippen molar-refractivity contribution in [2.75, 3.05) is 11.9 Å². The van der Waals surface area contributed by atoms with Gasteiger partial charge in [0.2, 0.25) is 0 Å². The van der Waals surface area contributed by atoms with Crippen LogP contribution in [-0.2, 0) is 7.05 Å². The van der Waals surface area contributed by atoms with Gasteiger partial charge < -0.3 is 15.0 Å². The van der Waals surface area contributed by atoms with Gasteiger partial charge in [-0.25, -0.2) is 4.39 Å². The number of carbonyl (C=O) groups excluding carboxylic acids is 1. The van der Waals surface area contributed by atoms with E-state index in [-0.39, 0.29) is 18.1 Å². The SMILES string of the molecule is Cn1cccc1C(=O)Nc1ccc(C#CCCO)c(F)c1. The average molecular weight is 286 g/mol. The standard InChI is InChI=1S/C16H15FN2O2/c1-19-9-4-6-15(19)16(21)18-13-8-7-12(14(17)11-13)5-2-3-10-20/h4,6-9,11,20H,3,10H2,1H3,(H,18,21). The minimum Gasteiger partial charge on any atom is -0.395 e. The van der Waals surface area contributed by atoms with Crippen molar-refractivity contribution >= 4 is 11.6 Å². The van der Waals surface area contributed by atoms with Gasteiger partial charge in [-0.2, -0.15) is 0 Å². The fourth-order valence-corrected chi connectivity index (χ4v) is 1.80. The average Bonchev–Trinajstić information content (AvgIpc) is 2.88. The third kappa shape index (κ3) is 3.71. The predicted molar refractivity (Wildman–Crippen MR) is 78.3 cm³/mol. The van der Waals surface area contributed by atoms with Crippen molar-refractivity contribution in [1.29, 1.82) is 0 Å². The molecule has 2 rings (SSSR count). The van der Waals surface area contributed by atoms with Crippen LogP contribution in [0.25, 0.3) is 0 Å². The lowest BCUT2D eigenvalue weighted by atomic mass is 10.2. The molecule has 0 atom stereocenters. The molecule has 0 saturated heterocycles. The summed E-state index contributed by atoms with van der Waals surface area (Å²) in [7, 11) is 1.76. The summed E-state index contributed by atoms with van der Waals surface area (Å²) >= 11 is 0. The van der Waals surface area contributed by atoms with Crippen molar-refractivity contribution in [1.82, 2.24) is 4.57 Å². The first-order valence-corrected chi connectivity index (χ1v) is 6.44. The maximum absolute atomic E-state index is 13.8. The highest BCUT2D eigenvalue weighted by Gasteiger charge is 2.10. The summed E-state index contributed by atoms with van der Waals surface area (Å²) in [6, 6.07) is 7.76. The fourth-order valence-electron chi connectivity index (χ4n) is 1.80. The molecular formula is C16H15FN2O2. The summed E-state index contributed by atoms with van der Waals surface area (Å²) in [6.45, 7) is -0.0561. The summed E-state index contributed by atoms with van der Waals surface area (Å²) in [5.74, 6) is 4.47. The molecule has 2 aromatic rings. The largest absolute Gasteiger partial charge is 0.395 e. The number of aliphatic hydroxyl groups is 1. The zero-order valence-corrected chi connectivity index (χ0v) is 11.6. The van der Waals surface area contributed by atoms with Crippen LogP contribution in [0.3, 0.4) is 0 Å². The Morgan fingerprint density at radius 1 is 1.43 bits per heavy atom. The fraction of sp³-hybridized carbons (Fsp3) is 0.188. The lowest BCUT2D eigenvalue weighted by Crippen LogP contribution is -2.15. The topological polar surface area (TPSA) is 54.3 Å². The number of aromatic nitrogens is 1. The highest BCUT2D eigenvalue weighted by molar-refractivity contribution is 6.03. The Balaban J connectivity index is 2.12. The van der Waals surface area contributed by atoms with Gasteiger partial charge >= 0.3 is 0 Å². The van der Waals surface area contributed by atoms with E-state index in [4.69, 9.17) is 5.11 Å². The summed E-state index contributed by atoms with van der Waals surface area (Å²) in [5.41, 5.74) is 1.09. The summed E-state index contributed by atoms with van der Waals surface area (Å²) < 4.78 is 15.5. The van der Waals surface area contributed by atoms with E-state index in [1.165, 1.54) is 12.1 Å². The van der Waals surface area contributed by atoms with Crippen molar-refractivity contribution < 1.29 is 14.3 Å². The van der Waals surface area contributed by atoms with E-state index in [1.54, 1.807) is 36.0 Å². The number of hydrogen-bond acceptors (Lipinski definition) is 2. The molecule has 2 N–H and O–H groups in total. The molecule has 0 aliphatic heterocycles. The van der Waals surface area contributed by atoms with Crippen LogP contribution in [0.5, 0.6) is 0 Å². The molecule has 1 aromatic heterocycles. The number of aryl methyl sites for hydroxylation is 1. The third-order valence-corrected chi connectivity index (χ3v) is 2.86. The zero-order valence-electron chi connectivity index (χ0n) is 11.6. The maximum atomic E-state index is 13.8. The molecule has 1 aromatic carbocycles. The van der Waals surface area contributed by atoms with Crippen molar-refractivity contribution in [2.45, 2.75) is 6.42 Å². The van der Waals surface area contributed by atoms with Crippen molar-refractivity contribution in [2.24, 2.45) is 7.05 Å². The number of amides is 1. The molecule has 0 saturated carbocycles. The quantitative estimate of drug-likeness (QED) is 0.849. The van der Waals surface area contributed by atoms with E-state index in [2.05, 4.69) is 17.2 Å². The maximum Gasteiger partial charge on any atom is 0.272 e. The lowest BCUT2D eigenvalue weighted by Gasteiger charge is -2.06.